The molecule has 3 aromatic carbocycles. The van der Waals surface area contributed by atoms with Crippen molar-refractivity contribution in [2.75, 3.05) is 20.3 Å². The molecule has 0 bridgehead atoms. The molecule has 5 rings (SSSR count). The summed E-state index contributed by atoms with van der Waals surface area (Å²) in [6.45, 7) is 8.77. The van der Waals surface area contributed by atoms with Crippen LogP contribution in [0.2, 0.25) is 0 Å². The van der Waals surface area contributed by atoms with Gasteiger partial charge in [0.25, 0.3) is 5.56 Å². The second-order valence-electron chi connectivity index (χ2n) is 10.0. The number of fused-ring (bicyclic) bond motifs is 1. The van der Waals surface area contributed by atoms with E-state index in [0.717, 1.165) is 16.7 Å². The number of hydrogen-bond donors (Lipinski definition) is 0. The third-order valence-electron chi connectivity index (χ3n) is 7.06. The molecule has 45 heavy (non-hydrogen) atoms. The summed E-state index contributed by atoms with van der Waals surface area (Å²) in [4.78, 5) is 31.8. The molecule has 0 aliphatic carbocycles. The first-order chi connectivity index (χ1) is 21.9. The fourth-order valence-electron chi connectivity index (χ4n) is 5.03. The molecule has 0 unspecified atom stereocenters. The minimum Gasteiger partial charge on any atom is -0.490 e. The van der Waals surface area contributed by atoms with Gasteiger partial charge in [-0.05, 0) is 85.0 Å². The molecule has 232 valence electrons. The Morgan fingerprint density at radius 2 is 1.73 bits per heavy atom. The van der Waals surface area contributed by atoms with Crippen molar-refractivity contribution in [3.8, 4) is 17.2 Å². The van der Waals surface area contributed by atoms with Gasteiger partial charge in [0.05, 0.1) is 36.5 Å². The van der Waals surface area contributed by atoms with Crippen LogP contribution < -0.4 is 29.1 Å². The third kappa shape index (κ3) is 6.91. The summed E-state index contributed by atoms with van der Waals surface area (Å²) in [7, 11) is 1.29. The van der Waals surface area contributed by atoms with Gasteiger partial charge in [-0.25, -0.2) is 14.2 Å². The number of allylic oxidation sites excluding steroid dienone is 1. The highest BCUT2D eigenvalue weighted by Crippen LogP contribution is 2.35. The molecule has 8 nitrogen and oxygen atoms in total. The highest BCUT2D eigenvalue weighted by Gasteiger charge is 2.31. The number of esters is 1. The van der Waals surface area contributed by atoms with Gasteiger partial charge in [0, 0.05) is 6.20 Å². The van der Waals surface area contributed by atoms with Crippen LogP contribution >= 0.6 is 11.3 Å². The minimum absolute atomic E-state index is 0.221. The molecule has 0 spiro atoms. The minimum atomic E-state index is -0.788. The monoisotopic (exact) mass is 628 g/mol. The van der Waals surface area contributed by atoms with Gasteiger partial charge in [0.15, 0.2) is 16.3 Å². The molecule has 1 atom stereocenters. The Morgan fingerprint density at radius 3 is 2.44 bits per heavy atom. The van der Waals surface area contributed by atoms with Crippen molar-refractivity contribution >= 4 is 23.4 Å². The first-order valence-corrected chi connectivity index (χ1v) is 15.3. The van der Waals surface area contributed by atoms with Crippen molar-refractivity contribution in [2.45, 2.75) is 32.9 Å². The number of hydrogen-bond acceptors (Lipinski definition) is 8. The van der Waals surface area contributed by atoms with E-state index in [1.54, 1.807) is 36.4 Å². The zero-order chi connectivity index (χ0) is 31.9. The van der Waals surface area contributed by atoms with E-state index in [2.05, 4.69) is 11.6 Å². The second kappa shape index (κ2) is 14.2. The zero-order valence-corrected chi connectivity index (χ0v) is 26.1. The largest absolute Gasteiger partial charge is 0.490 e. The van der Waals surface area contributed by atoms with Gasteiger partial charge in [0.2, 0.25) is 0 Å². The molecule has 0 saturated carbocycles. The molecular formula is C35H33FN2O6S. The van der Waals surface area contributed by atoms with Gasteiger partial charge >= 0.3 is 5.97 Å². The number of carbonyl (C=O) groups excluding carboxylic acids is 1. The summed E-state index contributed by atoms with van der Waals surface area (Å²) in [5.74, 6) is 0.857. The van der Waals surface area contributed by atoms with E-state index in [0.29, 0.717) is 51.8 Å². The van der Waals surface area contributed by atoms with Crippen molar-refractivity contribution in [1.82, 2.24) is 4.57 Å². The second-order valence-corrected chi connectivity index (χ2v) is 11.0. The van der Waals surface area contributed by atoms with Crippen LogP contribution in [0.25, 0.3) is 6.08 Å². The topological polar surface area (TPSA) is 88.4 Å². The number of methoxy groups -OCH3 is 1. The average Bonchev–Trinajstić information content (AvgIpc) is 3.36. The Labute approximate surface area is 264 Å². The quantitative estimate of drug-likeness (QED) is 0.157. The van der Waals surface area contributed by atoms with E-state index in [9.17, 15) is 14.0 Å². The SMILES string of the molecule is C=CCc1cc(/C=c2\sc3n(c2=O)[C@H](c2ccc(OCC)c(OCC)c2)C(C(=O)OC)=CN=3)ccc1OCc1ccc(F)cc1. The lowest BCUT2D eigenvalue weighted by Crippen LogP contribution is -2.39. The molecule has 0 amide bonds. The normalized spacial score (nSPS) is 14.2. The highest BCUT2D eigenvalue weighted by atomic mass is 32.1. The molecule has 1 aromatic heterocycles. The van der Waals surface area contributed by atoms with E-state index in [4.69, 9.17) is 18.9 Å². The van der Waals surface area contributed by atoms with Crippen LogP contribution in [-0.2, 0) is 22.6 Å². The van der Waals surface area contributed by atoms with Gasteiger partial charge < -0.3 is 18.9 Å². The Kier molecular flexibility index (Phi) is 9.94. The smallest absolute Gasteiger partial charge is 0.337 e. The summed E-state index contributed by atoms with van der Waals surface area (Å²) in [6.07, 6.45) is 5.57. The number of nitrogens with zero attached hydrogens (tertiary/aromatic N) is 2. The van der Waals surface area contributed by atoms with Gasteiger partial charge in [-0.1, -0.05) is 41.7 Å². The van der Waals surface area contributed by atoms with Crippen LogP contribution in [0.4, 0.5) is 4.39 Å². The van der Waals surface area contributed by atoms with Crippen molar-refractivity contribution in [3.63, 3.8) is 0 Å². The van der Waals surface area contributed by atoms with Crippen molar-refractivity contribution < 1.29 is 28.1 Å². The number of carbonyl (C=O) groups is 1. The van der Waals surface area contributed by atoms with E-state index < -0.39 is 12.0 Å². The lowest BCUT2D eigenvalue weighted by atomic mass is 9.97. The summed E-state index contributed by atoms with van der Waals surface area (Å²) in [5, 5.41) is 0. The van der Waals surface area contributed by atoms with E-state index in [1.807, 2.05) is 38.1 Å². The first-order valence-electron chi connectivity index (χ1n) is 14.5. The average molecular weight is 629 g/mol. The Hall–Kier alpha value is -4.96. The van der Waals surface area contributed by atoms with Crippen LogP contribution in [0, 0.1) is 5.82 Å². The lowest BCUT2D eigenvalue weighted by molar-refractivity contribution is -0.136. The number of rotatable bonds is 12. The van der Waals surface area contributed by atoms with Crippen molar-refractivity contribution in [3.05, 3.63) is 133 Å². The zero-order valence-electron chi connectivity index (χ0n) is 25.2. The molecule has 10 heteroatoms. The van der Waals surface area contributed by atoms with Gasteiger partial charge in [-0.2, -0.15) is 0 Å². The lowest BCUT2D eigenvalue weighted by Gasteiger charge is -2.23. The van der Waals surface area contributed by atoms with Crippen LogP contribution in [0.15, 0.2) is 94.9 Å². The highest BCUT2D eigenvalue weighted by molar-refractivity contribution is 7.07. The van der Waals surface area contributed by atoms with Crippen molar-refractivity contribution in [2.24, 2.45) is 4.99 Å². The molecule has 0 radical (unpaired) electrons. The fraction of sp³-hybridized carbons (Fsp3) is 0.229. The van der Waals surface area contributed by atoms with Crippen molar-refractivity contribution in [1.29, 1.82) is 0 Å². The van der Waals surface area contributed by atoms with Crippen LogP contribution in [0.5, 0.6) is 17.2 Å². The molecule has 0 N–H and O–H groups in total. The van der Waals surface area contributed by atoms with E-state index in [1.165, 1.54) is 41.3 Å². The maximum Gasteiger partial charge on any atom is 0.337 e. The summed E-state index contributed by atoms with van der Waals surface area (Å²) in [6, 6.07) is 16.4. The molecule has 0 saturated heterocycles. The molecule has 4 aromatic rings. The third-order valence-corrected chi connectivity index (χ3v) is 8.06. The van der Waals surface area contributed by atoms with E-state index >= 15 is 0 Å². The predicted molar refractivity (Wildman–Crippen MR) is 171 cm³/mol. The molecule has 2 heterocycles. The van der Waals surface area contributed by atoms with Crippen LogP contribution in [-0.4, -0.2) is 30.9 Å². The maximum atomic E-state index is 14.0. The molecular weight excluding hydrogens is 595 g/mol. The number of halogens is 1. The fourth-order valence-corrected chi connectivity index (χ4v) is 5.99. The summed E-state index contributed by atoms with van der Waals surface area (Å²) >= 11 is 1.23. The Morgan fingerprint density at radius 1 is 1.00 bits per heavy atom. The molecule has 1 aliphatic rings. The Balaban J connectivity index is 1.54. The van der Waals surface area contributed by atoms with E-state index in [-0.39, 0.29) is 23.6 Å². The van der Waals surface area contributed by atoms with Crippen LogP contribution in [0.1, 0.15) is 42.1 Å². The number of aromatic nitrogens is 1. The Bertz CT molecular complexity index is 1930. The van der Waals surface area contributed by atoms with Gasteiger partial charge in [0.1, 0.15) is 18.2 Å². The van der Waals surface area contributed by atoms with Gasteiger partial charge in [-0.3, -0.25) is 9.36 Å². The summed E-state index contributed by atoms with van der Waals surface area (Å²) < 4.78 is 37.9. The van der Waals surface area contributed by atoms with Gasteiger partial charge in [-0.15, -0.1) is 6.58 Å². The summed E-state index contributed by atoms with van der Waals surface area (Å²) in [5.41, 5.74) is 3.09. The first kappa shape index (κ1) is 31.5. The molecule has 0 fully saturated rings. The number of ether oxygens (including phenoxy) is 4. The standard InChI is InChI=1S/C35H33FN2O6S/c1-5-8-24-17-23(11-15-28(24)44-21-22-9-13-26(36)14-10-22)18-31-33(39)38-32(27(34(40)41-4)20-37-35(38)45-31)25-12-16-29(42-6-2)30(19-25)43-7-3/h5,9-20,32H,1,6-8,21H2,2-4H3/b31-18-/t32-/m1/s1. The van der Waals surface area contributed by atoms with Crippen LogP contribution in [0.3, 0.4) is 0 Å². The molecule has 1 aliphatic heterocycles. The predicted octanol–water partition coefficient (Wildman–Crippen LogP) is 5.26. The number of thiazole rings is 1. The number of benzene rings is 3. The maximum absolute atomic E-state index is 14.0.